The van der Waals surface area contributed by atoms with Gasteiger partial charge in [-0.1, -0.05) is 23.5 Å². The number of benzene rings is 1. The molecule has 5 heteroatoms. The molecule has 0 bridgehead atoms. The first-order chi connectivity index (χ1) is 7.34. The summed E-state index contributed by atoms with van der Waals surface area (Å²) in [5.74, 6) is 0. The van der Waals surface area contributed by atoms with Gasteiger partial charge < -0.3 is 10.6 Å². The molecule has 0 saturated heterocycles. The zero-order valence-corrected chi connectivity index (χ0v) is 8.87. The molecule has 0 aliphatic carbocycles. The largest absolute Gasteiger partial charge is 0.398 e. The minimum absolute atomic E-state index is 0.844. The van der Waals surface area contributed by atoms with Crippen molar-refractivity contribution in [3.8, 4) is 0 Å². The smallest absolute Gasteiger partial charge is 0.208 e. The van der Waals surface area contributed by atoms with Crippen LogP contribution in [-0.4, -0.2) is 10.2 Å². The van der Waals surface area contributed by atoms with Gasteiger partial charge in [-0.05, 0) is 17.2 Å². The monoisotopic (exact) mass is 218 g/mol. The number of anilines is 2. The van der Waals surface area contributed by atoms with Crippen molar-refractivity contribution in [3.63, 3.8) is 0 Å². The first kappa shape index (κ1) is 8.67. The zero-order valence-electron chi connectivity index (χ0n) is 8.05. The predicted octanol–water partition coefficient (Wildman–Crippen LogP) is 1.64. The lowest BCUT2D eigenvalue weighted by Gasteiger charge is -2.11. The lowest BCUT2D eigenvalue weighted by Crippen LogP contribution is -2.14. The highest BCUT2D eigenvalue weighted by molar-refractivity contribution is 7.13. The van der Waals surface area contributed by atoms with Crippen LogP contribution in [0.25, 0.3) is 0 Å². The van der Waals surface area contributed by atoms with Crippen LogP contribution in [0, 0.1) is 0 Å². The quantitative estimate of drug-likeness (QED) is 0.739. The van der Waals surface area contributed by atoms with E-state index in [1.165, 1.54) is 11.1 Å². The van der Waals surface area contributed by atoms with E-state index in [9.17, 15) is 0 Å². The zero-order chi connectivity index (χ0) is 10.3. The highest BCUT2D eigenvalue weighted by Gasteiger charge is 2.22. The molecule has 1 aromatic carbocycles. The summed E-state index contributed by atoms with van der Waals surface area (Å²) in [5, 5.41) is 8.88. The Bertz CT molecular complexity index is 480. The third-order valence-corrected chi connectivity index (χ3v) is 3.39. The number of nitrogen functional groups attached to an aromatic ring is 1. The van der Waals surface area contributed by atoms with E-state index < -0.39 is 0 Å². The van der Waals surface area contributed by atoms with E-state index in [0.29, 0.717) is 0 Å². The molecule has 2 heterocycles. The van der Waals surface area contributed by atoms with Crippen LogP contribution in [0.15, 0.2) is 23.7 Å². The Labute approximate surface area is 91.4 Å². The number of fused-ring (bicyclic) bond motifs is 1. The topological polar surface area (TPSA) is 55.0 Å². The van der Waals surface area contributed by atoms with E-state index in [-0.39, 0.29) is 0 Å². The van der Waals surface area contributed by atoms with Gasteiger partial charge in [0.15, 0.2) is 0 Å². The van der Waals surface area contributed by atoms with E-state index in [4.69, 9.17) is 5.73 Å². The lowest BCUT2D eigenvalue weighted by atomic mass is 10.1. The van der Waals surface area contributed by atoms with Crippen LogP contribution in [-0.2, 0) is 13.1 Å². The molecule has 1 aliphatic rings. The molecule has 1 aromatic heterocycles. The Balaban J connectivity index is 1.96. The molecule has 3 rings (SSSR count). The average molecular weight is 218 g/mol. The van der Waals surface area contributed by atoms with Crippen molar-refractivity contribution in [1.82, 2.24) is 10.2 Å². The molecule has 2 N–H and O–H groups in total. The second-order valence-corrected chi connectivity index (χ2v) is 4.37. The number of nitrogens with two attached hydrogens (primary N) is 1. The van der Waals surface area contributed by atoms with E-state index in [1.54, 1.807) is 16.8 Å². The van der Waals surface area contributed by atoms with E-state index >= 15 is 0 Å². The van der Waals surface area contributed by atoms with E-state index in [1.807, 2.05) is 12.1 Å². The van der Waals surface area contributed by atoms with Crippen LogP contribution in [0.3, 0.4) is 0 Å². The summed E-state index contributed by atoms with van der Waals surface area (Å²) in [6.45, 7) is 1.73. The molecule has 1 aliphatic heterocycles. The third-order valence-electron chi connectivity index (χ3n) is 2.64. The van der Waals surface area contributed by atoms with Crippen molar-refractivity contribution in [1.29, 1.82) is 0 Å². The summed E-state index contributed by atoms with van der Waals surface area (Å²) < 4.78 is 0. The van der Waals surface area contributed by atoms with Gasteiger partial charge in [-0.15, -0.1) is 10.2 Å². The molecule has 2 aromatic rings. The average Bonchev–Trinajstić information content (AvgIpc) is 2.86. The molecule has 4 nitrogen and oxygen atoms in total. The van der Waals surface area contributed by atoms with Crippen molar-refractivity contribution in [2.24, 2.45) is 0 Å². The highest BCUT2D eigenvalue weighted by Crippen LogP contribution is 2.31. The highest BCUT2D eigenvalue weighted by atomic mass is 32.1. The lowest BCUT2D eigenvalue weighted by molar-refractivity contribution is 0.856. The molecule has 0 fully saturated rings. The van der Waals surface area contributed by atoms with Gasteiger partial charge in [-0.3, -0.25) is 0 Å². The van der Waals surface area contributed by atoms with Gasteiger partial charge in [-0.2, -0.15) is 0 Å². The fourth-order valence-corrected chi connectivity index (χ4v) is 2.45. The van der Waals surface area contributed by atoms with Crippen molar-refractivity contribution in [2.45, 2.75) is 13.1 Å². The first-order valence-corrected chi connectivity index (χ1v) is 5.60. The van der Waals surface area contributed by atoms with Crippen molar-refractivity contribution in [3.05, 3.63) is 34.8 Å². The van der Waals surface area contributed by atoms with Gasteiger partial charge >= 0.3 is 0 Å². The third kappa shape index (κ3) is 1.35. The van der Waals surface area contributed by atoms with Crippen LogP contribution in [0.1, 0.15) is 11.1 Å². The fourth-order valence-electron chi connectivity index (χ4n) is 1.89. The Morgan fingerprint density at radius 1 is 1.33 bits per heavy atom. The van der Waals surface area contributed by atoms with Gasteiger partial charge in [0.2, 0.25) is 5.13 Å². The van der Waals surface area contributed by atoms with Gasteiger partial charge in [0, 0.05) is 18.8 Å². The molecular weight excluding hydrogens is 208 g/mol. The normalized spacial score (nSPS) is 14.3. The molecule has 0 unspecified atom stereocenters. The number of nitrogens with zero attached hydrogens (tertiary/aromatic N) is 3. The molecule has 0 atom stereocenters. The van der Waals surface area contributed by atoms with Crippen molar-refractivity contribution >= 4 is 22.2 Å². The number of aromatic nitrogens is 2. The maximum absolute atomic E-state index is 5.93. The van der Waals surface area contributed by atoms with Crippen LogP contribution in [0.5, 0.6) is 0 Å². The summed E-state index contributed by atoms with van der Waals surface area (Å²) in [6, 6.07) is 6.06. The summed E-state index contributed by atoms with van der Waals surface area (Å²) in [4.78, 5) is 2.19. The summed E-state index contributed by atoms with van der Waals surface area (Å²) in [7, 11) is 0. The predicted molar refractivity (Wildman–Crippen MR) is 60.7 cm³/mol. The van der Waals surface area contributed by atoms with Crippen LogP contribution in [0.2, 0.25) is 0 Å². The number of hydrogen-bond acceptors (Lipinski definition) is 5. The molecular formula is C10H10N4S. The minimum atomic E-state index is 0.844. The van der Waals surface area contributed by atoms with Gasteiger partial charge in [0.1, 0.15) is 5.51 Å². The Hall–Kier alpha value is -1.62. The Kier molecular flexibility index (Phi) is 1.85. The summed E-state index contributed by atoms with van der Waals surface area (Å²) in [6.07, 6.45) is 0. The maximum Gasteiger partial charge on any atom is 0.208 e. The molecule has 15 heavy (non-hydrogen) atoms. The molecule has 0 radical (unpaired) electrons. The SMILES string of the molecule is Nc1cccc2c1CN(c1nncs1)C2. The first-order valence-electron chi connectivity index (χ1n) is 4.72. The van der Waals surface area contributed by atoms with Crippen LogP contribution >= 0.6 is 11.3 Å². The van der Waals surface area contributed by atoms with E-state index in [0.717, 1.165) is 23.9 Å². The second-order valence-electron chi connectivity index (χ2n) is 3.56. The maximum atomic E-state index is 5.93. The van der Waals surface area contributed by atoms with Gasteiger partial charge in [0.25, 0.3) is 0 Å². The van der Waals surface area contributed by atoms with Gasteiger partial charge in [-0.25, -0.2) is 0 Å². The Morgan fingerprint density at radius 2 is 2.27 bits per heavy atom. The minimum Gasteiger partial charge on any atom is -0.398 e. The summed E-state index contributed by atoms with van der Waals surface area (Å²) in [5.41, 5.74) is 11.1. The van der Waals surface area contributed by atoms with Gasteiger partial charge in [0.05, 0.1) is 0 Å². The molecule has 0 spiro atoms. The fraction of sp³-hybridized carbons (Fsp3) is 0.200. The molecule has 0 amide bonds. The van der Waals surface area contributed by atoms with Crippen molar-refractivity contribution < 1.29 is 0 Å². The van der Waals surface area contributed by atoms with E-state index in [2.05, 4.69) is 21.2 Å². The van der Waals surface area contributed by atoms with Crippen molar-refractivity contribution in [2.75, 3.05) is 10.6 Å². The standard InChI is InChI=1S/C10H10N4S/c11-9-3-1-2-7-4-14(5-8(7)9)10-13-12-6-15-10/h1-3,6H,4-5,11H2. The van der Waals surface area contributed by atoms with Crippen LogP contribution < -0.4 is 10.6 Å². The number of rotatable bonds is 1. The second kappa shape index (κ2) is 3.20. The van der Waals surface area contributed by atoms with Crippen LogP contribution in [0.4, 0.5) is 10.8 Å². The molecule has 76 valence electrons. The molecule has 0 saturated carbocycles. The Morgan fingerprint density at radius 3 is 3.00 bits per heavy atom. The summed E-state index contributed by atoms with van der Waals surface area (Å²) >= 11 is 1.56. The number of hydrogen-bond donors (Lipinski definition) is 1.